The van der Waals surface area contributed by atoms with Crippen LogP contribution in [-0.4, -0.2) is 30.6 Å². The molecule has 0 radical (unpaired) electrons. The van der Waals surface area contributed by atoms with E-state index in [1.165, 1.54) is 17.4 Å². The second-order valence-electron chi connectivity index (χ2n) is 5.95. The van der Waals surface area contributed by atoms with Crippen molar-refractivity contribution in [2.24, 2.45) is 11.1 Å². The molecule has 0 aromatic carbocycles. The molecule has 1 saturated carbocycles. The summed E-state index contributed by atoms with van der Waals surface area (Å²) in [4.78, 5) is 23.7. The summed E-state index contributed by atoms with van der Waals surface area (Å²) in [6, 6.07) is 1.59. The van der Waals surface area contributed by atoms with Crippen LogP contribution in [0, 0.1) is 5.41 Å². The Morgan fingerprint density at radius 2 is 2.10 bits per heavy atom. The average Bonchev–Trinajstić information content (AvgIpc) is 2.87. The van der Waals surface area contributed by atoms with Crippen molar-refractivity contribution in [2.75, 3.05) is 7.11 Å². The van der Waals surface area contributed by atoms with Gasteiger partial charge in [0.15, 0.2) is 0 Å². The van der Waals surface area contributed by atoms with Gasteiger partial charge in [0.05, 0.1) is 16.0 Å². The molecule has 1 heterocycles. The van der Waals surface area contributed by atoms with Crippen LogP contribution in [0.5, 0.6) is 0 Å². The Morgan fingerprint density at radius 1 is 1.45 bits per heavy atom. The Hall–Kier alpha value is -1.40. The maximum Gasteiger partial charge on any atom is 0.261 e. The fourth-order valence-electron chi connectivity index (χ4n) is 2.54. The largest absolute Gasteiger partial charge is 0.378 e. The van der Waals surface area contributed by atoms with Crippen molar-refractivity contribution in [3.63, 3.8) is 0 Å². The van der Waals surface area contributed by atoms with Gasteiger partial charge in [-0.25, -0.2) is 0 Å². The number of nitrogens with two attached hydrogens (primary N) is 1. The zero-order valence-electron chi connectivity index (χ0n) is 12.1. The number of hydrogen-bond acceptors (Lipinski definition) is 4. The van der Waals surface area contributed by atoms with Gasteiger partial charge in [0, 0.05) is 23.9 Å². The van der Waals surface area contributed by atoms with Gasteiger partial charge in [0.2, 0.25) is 5.91 Å². The molecule has 2 amide bonds. The molecule has 1 aromatic heterocycles. The Bertz CT molecular complexity index is 552. The van der Waals surface area contributed by atoms with Crippen molar-refractivity contribution in [1.29, 1.82) is 0 Å². The molecule has 0 unspecified atom stereocenters. The number of nitrogens with one attached hydrogen (secondary N) is 1. The SMILES string of the molecule is CO[C@]1(C)C[C@H](NC(=O)c2cc(C(N)=O)cs2)C1(C)C. The van der Waals surface area contributed by atoms with Crippen molar-refractivity contribution < 1.29 is 14.3 Å². The molecule has 0 bridgehead atoms. The normalized spacial score (nSPS) is 27.7. The quantitative estimate of drug-likeness (QED) is 0.888. The number of hydrogen-bond donors (Lipinski definition) is 2. The van der Waals surface area contributed by atoms with Gasteiger partial charge in [-0.2, -0.15) is 0 Å². The summed E-state index contributed by atoms with van der Waals surface area (Å²) < 4.78 is 5.53. The number of methoxy groups -OCH3 is 1. The third-order valence-electron chi connectivity index (χ3n) is 4.69. The predicted molar refractivity (Wildman–Crippen MR) is 77.9 cm³/mol. The van der Waals surface area contributed by atoms with Crippen LogP contribution in [0.15, 0.2) is 11.4 Å². The van der Waals surface area contributed by atoms with Crippen molar-refractivity contribution in [1.82, 2.24) is 5.32 Å². The van der Waals surface area contributed by atoms with Gasteiger partial charge >= 0.3 is 0 Å². The molecular weight excluding hydrogens is 276 g/mol. The topological polar surface area (TPSA) is 81.4 Å². The number of primary amides is 1. The molecular formula is C14H20N2O3S. The molecule has 0 saturated heterocycles. The van der Waals surface area contributed by atoms with Crippen LogP contribution in [0.1, 0.15) is 47.2 Å². The molecule has 1 fully saturated rings. The van der Waals surface area contributed by atoms with Crippen LogP contribution in [0.4, 0.5) is 0 Å². The van der Waals surface area contributed by atoms with E-state index in [2.05, 4.69) is 19.2 Å². The summed E-state index contributed by atoms with van der Waals surface area (Å²) in [6.07, 6.45) is 0.774. The fraction of sp³-hybridized carbons (Fsp3) is 0.571. The Kier molecular flexibility index (Phi) is 3.64. The molecule has 5 nitrogen and oxygen atoms in total. The van der Waals surface area contributed by atoms with E-state index < -0.39 is 5.91 Å². The number of rotatable bonds is 4. The van der Waals surface area contributed by atoms with Gasteiger partial charge in [-0.3, -0.25) is 9.59 Å². The lowest BCUT2D eigenvalue weighted by Gasteiger charge is -2.59. The van der Waals surface area contributed by atoms with E-state index in [0.29, 0.717) is 10.4 Å². The van der Waals surface area contributed by atoms with Gasteiger partial charge in [0.25, 0.3) is 5.91 Å². The highest BCUT2D eigenvalue weighted by atomic mass is 32.1. The first-order chi connectivity index (χ1) is 9.21. The van der Waals surface area contributed by atoms with E-state index in [4.69, 9.17) is 10.5 Å². The van der Waals surface area contributed by atoms with Crippen LogP contribution in [0.3, 0.4) is 0 Å². The summed E-state index contributed by atoms with van der Waals surface area (Å²) in [7, 11) is 1.69. The zero-order chi connectivity index (χ0) is 15.1. The smallest absolute Gasteiger partial charge is 0.261 e. The van der Waals surface area contributed by atoms with Crippen LogP contribution in [-0.2, 0) is 4.74 Å². The van der Waals surface area contributed by atoms with E-state index in [-0.39, 0.29) is 23.0 Å². The first-order valence-electron chi connectivity index (χ1n) is 6.45. The second kappa shape index (κ2) is 4.86. The number of carbonyl (C=O) groups excluding carboxylic acids is 2. The maximum absolute atomic E-state index is 12.2. The first kappa shape index (κ1) is 15.0. The molecule has 0 aliphatic heterocycles. The van der Waals surface area contributed by atoms with E-state index in [1.807, 2.05) is 6.92 Å². The average molecular weight is 296 g/mol. The summed E-state index contributed by atoms with van der Waals surface area (Å²) in [5.74, 6) is -0.685. The highest BCUT2D eigenvalue weighted by Gasteiger charge is 2.58. The minimum Gasteiger partial charge on any atom is -0.378 e. The van der Waals surface area contributed by atoms with Gasteiger partial charge in [0.1, 0.15) is 0 Å². The number of ether oxygens (including phenoxy) is 1. The molecule has 1 aliphatic rings. The summed E-state index contributed by atoms with van der Waals surface area (Å²) in [5, 5.41) is 4.60. The molecule has 3 N–H and O–H groups in total. The highest BCUT2D eigenvalue weighted by Crippen LogP contribution is 2.51. The third-order valence-corrected chi connectivity index (χ3v) is 5.62. The fourth-order valence-corrected chi connectivity index (χ4v) is 3.34. The minimum absolute atomic E-state index is 0.0547. The van der Waals surface area contributed by atoms with Crippen molar-refractivity contribution in [3.8, 4) is 0 Å². The Labute approximate surface area is 122 Å². The van der Waals surface area contributed by atoms with E-state index >= 15 is 0 Å². The number of amides is 2. The number of carbonyl (C=O) groups is 2. The number of thiophene rings is 1. The van der Waals surface area contributed by atoms with Crippen molar-refractivity contribution in [3.05, 3.63) is 21.9 Å². The Balaban J connectivity index is 2.04. The molecule has 6 heteroatoms. The maximum atomic E-state index is 12.2. The molecule has 110 valence electrons. The summed E-state index contributed by atoms with van der Waals surface area (Å²) >= 11 is 1.22. The molecule has 2 rings (SSSR count). The lowest BCUT2D eigenvalue weighted by molar-refractivity contribution is -0.177. The second-order valence-corrected chi connectivity index (χ2v) is 6.86. The molecule has 2 atom stereocenters. The molecule has 20 heavy (non-hydrogen) atoms. The van der Waals surface area contributed by atoms with Gasteiger partial charge < -0.3 is 15.8 Å². The molecule has 0 spiro atoms. The van der Waals surface area contributed by atoms with E-state index in [0.717, 1.165) is 6.42 Å². The molecule has 1 aliphatic carbocycles. The zero-order valence-corrected chi connectivity index (χ0v) is 13.0. The first-order valence-corrected chi connectivity index (χ1v) is 7.33. The van der Waals surface area contributed by atoms with E-state index in [9.17, 15) is 9.59 Å². The standard InChI is InChI=1S/C14H20N2O3S/c1-13(2)10(6-14(13,3)19-4)16-12(18)9-5-8(7-20-9)11(15)17/h5,7,10H,6H2,1-4H3,(H2,15,17)(H,16,18)/t10-,14+/m0/s1. The summed E-state index contributed by atoms with van der Waals surface area (Å²) in [6.45, 7) is 6.20. The van der Waals surface area contributed by atoms with Crippen molar-refractivity contribution in [2.45, 2.75) is 38.8 Å². The Morgan fingerprint density at radius 3 is 2.55 bits per heavy atom. The van der Waals surface area contributed by atoms with Gasteiger partial charge in [-0.1, -0.05) is 13.8 Å². The van der Waals surface area contributed by atoms with Gasteiger partial charge in [-0.05, 0) is 19.4 Å². The third kappa shape index (κ3) is 2.23. The van der Waals surface area contributed by atoms with Crippen molar-refractivity contribution >= 4 is 23.2 Å². The lowest BCUT2D eigenvalue weighted by Crippen LogP contribution is -2.68. The monoisotopic (exact) mass is 296 g/mol. The van der Waals surface area contributed by atoms with Crippen LogP contribution in [0.2, 0.25) is 0 Å². The van der Waals surface area contributed by atoms with Crippen LogP contribution < -0.4 is 11.1 Å². The summed E-state index contributed by atoms with van der Waals surface area (Å²) in [5.41, 5.74) is 5.19. The van der Waals surface area contributed by atoms with Gasteiger partial charge in [-0.15, -0.1) is 11.3 Å². The van der Waals surface area contributed by atoms with E-state index in [1.54, 1.807) is 12.5 Å². The lowest BCUT2D eigenvalue weighted by atomic mass is 9.56. The molecule has 1 aromatic rings. The predicted octanol–water partition coefficient (Wildman–Crippen LogP) is 1.78. The van der Waals surface area contributed by atoms with Crippen LogP contribution in [0.25, 0.3) is 0 Å². The van der Waals surface area contributed by atoms with Crippen LogP contribution >= 0.6 is 11.3 Å². The highest BCUT2D eigenvalue weighted by molar-refractivity contribution is 7.12. The minimum atomic E-state index is -0.517.